The SMILES string of the molecule is CCOc1ccc2ccccc2c1[C@H](C1CCCCC1)N1CCNCC1. The molecule has 1 heterocycles. The fourth-order valence-corrected chi connectivity index (χ4v) is 4.99. The third-order valence-electron chi connectivity index (χ3n) is 6.17. The number of benzene rings is 2. The molecule has 0 amide bonds. The van der Waals surface area contributed by atoms with E-state index in [0.29, 0.717) is 6.04 Å². The Kier molecular flexibility index (Phi) is 5.76. The van der Waals surface area contributed by atoms with Crippen LogP contribution in [0, 0.1) is 5.92 Å². The van der Waals surface area contributed by atoms with Gasteiger partial charge in [0.05, 0.1) is 6.61 Å². The molecule has 140 valence electrons. The monoisotopic (exact) mass is 352 g/mol. The van der Waals surface area contributed by atoms with Gasteiger partial charge in [-0.05, 0) is 42.5 Å². The van der Waals surface area contributed by atoms with Gasteiger partial charge in [-0.25, -0.2) is 0 Å². The van der Waals surface area contributed by atoms with Gasteiger partial charge in [-0.15, -0.1) is 0 Å². The van der Waals surface area contributed by atoms with E-state index in [9.17, 15) is 0 Å². The molecule has 1 saturated carbocycles. The maximum absolute atomic E-state index is 6.17. The summed E-state index contributed by atoms with van der Waals surface area (Å²) in [6.07, 6.45) is 6.86. The third-order valence-corrected chi connectivity index (χ3v) is 6.17. The first-order valence-corrected chi connectivity index (χ1v) is 10.5. The highest BCUT2D eigenvalue weighted by Crippen LogP contribution is 2.44. The van der Waals surface area contributed by atoms with E-state index in [1.54, 1.807) is 0 Å². The summed E-state index contributed by atoms with van der Waals surface area (Å²) >= 11 is 0. The second-order valence-electron chi connectivity index (χ2n) is 7.76. The van der Waals surface area contributed by atoms with Crippen LogP contribution < -0.4 is 10.1 Å². The summed E-state index contributed by atoms with van der Waals surface area (Å²) < 4.78 is 6.17. The number of fused-ring (bicyclic) bond motifs is 1. The van der Waals surface area contributed by atoms with Gasteiger partial charge >= 0.3 is 0 Å². The predicted molar refractivity (Wildman–Crippen MR) is 109 cm³/mol. The van der Waals surface area contributed by atoms with Crippen LogP contribution in [0.2, 0.25) is 0 Å². The number of ether oxygens (including phenoxy) is 1. The number of nitrogens with zero attached hydrogens (tertiary/aromatic N) is 1. The van der Waals surface area contributed by atoms with E-state index in [1.165, 1.54) is 48.4 Å². The van der Waals surface area contributed by atoms with Crippen LogP contribution in [0.5, 0.6) is 5.75 Å². The summed E-state index contributed by atoms with van der Waals surface area (Å²) in [6, 6.07) is 13.8. The summed E-state index contributed by atoms with van der Waals surface area (Å²) in [6.45, 7) is 7.28. The van der Waals surface area contributed by atoms with Crippen LogP contribution in [-0.4, -0.2) is 37.7 Å². The first-order chi connectivity index (χ1) is 12.9. The first-order valence-electron chi connectivity index (χ1n) is 10.5. The van der Waals surface area contributed by atoms with Gasteiger partial charge in [0.1, 0.15) is 5.75 Å². The summed E-state index contributed by atoms with van der Waals surface area (Å²) in [7, 11) is 0. The summed E-state index contributed by atoms with van der Waals surface area (Å²) in [5, 5.41) is 6.25. The van der Waals surface area contributed by atoms with Gasteiger partial charge in [-0.3, -0.25) is 4.90 Å². The van der Waals surface area contributed by atoms with Gasteiger partial charge in [0.15, 0.2) is 0 Å². The van der Waals surface area contributed by atoms with Gasteiger partial charge in [0.2, 0.25) is 0 Å². The van der Waals surface area contributed by atoms with Crippen molar-refractivity contribution in [3.8, 4) is 5.75 Å². The lowest BCUT2D eigenvalue weighted by atomic mass is 9.78. The van der Waals surface area contributed by atoms with Crippen LogP contribution in [0.4, 0.5) is 0 Å². The minimum absolute atomic E-state index is 0.477. The van der Waals surface area contributed by atoms with Crippen molar-refractivity contribution in [2.75, 3.05) is 32.8 Å². The summed E-state index contributed by atoms with van der Waals surface area (Å²) in [4.78, 5) is 2.73. The number of nitrogens with one attached hydrogen (secondary N) is 1. The Morgan fingerprint density at radius 1 is 1.04 bits per heavy atom. The molecule has 2 aromatic carbocycles. The second-order valence-corrected chi connectivity index (χ2v) is 7.76. The molecule has 2 aliphatic rings. The topological polar surface area (TPSA) is 24.5 Å². The number of hydrogen-bond acceptors (Lipinski definition) is 3. The molecule has 1 N–H and O–H groups in total. The van der Waals surface area contributed by atoms with Crippen LogP contribution in [-0.2, 0) is 0 Å². The molecule has 3 heteroatoms. The molecular formula is C23H32N2O. The van der Waals surface area contributed by atoms with Crippen molar-refractivity contribution in [2.24, 2.45) is 5.92 Å². The van der Waals surface area contributed by atoms with Gasteiger partial charge in [0.25, 0.3) is 0 Å². The lowest BCUT2D eigenvalue weighted by Crippen LogP contribution is -2.47. The van der Waals surface area contributed by atoms with Gasteiger partial charge < -0.3 is 10.1 Å². The van der Waals surface area contributed by atoms with Crippen molar-refractivity contribution in [1.29, 1.82) is 0 Å². The predicted octanol–water partition coefficient (Wildman–Crippen LogP) is 4.77. The fraction of sp³-hybridized carbons (Fsp3) is 0.565. The maximum atomic E-state index is 6.17. The molecule has 0 spiro atoms. The number of hydrogen-bond donors (Lipinski definition) is 1. The molecule has 0 unspecified atom stereocenters. The largest absolute Gasteiger partial charge is 0.494 e. The van der Waals surface area contributed by atoms with E-state index >= 15 is 0 Å². The van der Waals surface area contributed by atoms with E-state index < -0.39 is 0 Å². The molecule has 1 atom stereocenters. The zero-order chi connectivity index (χ0) is 17.8. The van der Waals surface area contributed by atoms with Crippen molar-refractivity contribution in [1.82, 2.24) is 10.2 Å². The van der Waals surface area contributed by atoms with Crippen LogP contribution in [0.15, 0.2) is 36.4 Å². The average molecular weight is 353 g/mol. The molecule has 0 bridgehead atoms. The van der Waals surface area contributed by atoms with Crippen LogP contribution in [0.3, 0.4) is 0 Å². The lowest BCUT2D eigenvalue weighted by Gasteiger charge is -2.42. The van der Waals surface area contributed by atoms with Gasteiger partial charge in [0, 0.05) is 37.8 Å². The molecule has 1 aliphatic carbocycles. The minimum atomic E-state index is 0.477. The zero-order valence-corrected chi connectivity index (χ0v) is 16.0. The normalized spacial score (nSPS) is 21.0. The average Bonchev–Trinajstić information content (AvgIpc) is 2.71. The van der Waals surface area contributed by atoms with Gasteiger partial charge in [-0.1, -0.05) is 49.6 Å². The summed E-state index contributed by atoms with van der Waals surface area (Å²) in [5.41, 5.74) is 1.44. The maximum Gasteiger partial charge on any atom is 0.124 e. The molecule has 1 saturated heterocycles. The first kappa shape index (κ1) is 17.8. The fourth-order valence-electron chi connectivity index (χ4n) is 4.99. The van der Waals surface area contributed by atoms with E-state index in [2.05, 4.69) is 53.5 Å². The number of piperazine rings is 1. The molecule has 2 aromatic rings. The van der Waals surface area contributed by atoms with Crippen LogP contribution >= 0.6 is 0 Å². The highest BCUT2D eigenvalue weighted by Gasteiger charge is 2.34. The van der Waals surface area contributed by atoms with Crippen molar-refractivity contribution >= 4 is 10.8 Å². The Bertz CT molecular complexity index is 699. The standard InChI is InChI=1S/C23H32N2O/c1-2-26-21-13-12-18-8-6-7-11-20(18)22(21)23(19-9-4-3-5-10-19)25-16-14-24-15-17-25/h6-8,11-13,19,23-24H,2-5,9-10,14-17H2,1H3/t23-/m0/s1. The Labute approximate surface area is 157 Å². The molecule has 4 rings (SSSR count). The Balaban J connectivity index is 1.83. The molecule has 26 heavy (non-hydrogen) atoms. The van der Waals surface area contributed by atoms with E-state index in [0.717, 1.165) is 44.5 Å². The molecule has 3 nitrogen and oxygen atoms in total. The van der Waals surface area contributed by atoms with Crippen molar-refractivity contribution in [2.45, 2.75) is 45.1 Å². The van der Waals surface area contributed by atoms with Crippen LogP contribution in [0.1, 0.15) is 50.6 Å². The van der Waals surface area contributed by atoms with Crippen molar-refractivity contribution in [3.05, 3.63) is 42.0 Å². The second kappa shape index (κ2) is 8.41. The lowest BCUT2D eigenvalue weighted by molar-refractivity contribution is 0.102. The molecule has 0 radical (unpaired) electrons. The van der Waals surface area contributed by atoms with Crippen molar-refractivity contribution in [3.63, 3.8) is 0 Å². The molecule has 1 aliphatic heterocycles. The number of rotatable bonds is 5. The summed E-state index contributed by atoms with van der Waals surface area (Å²) in [5.74, 6) is 1.84. The highest BCUT2D eigenvalue weighted by molar-refractivity contribution is 5.88. The third kappa shape index (κ3) is 3.60. The van der Waals surface area contributed by atoms with Gasteiger partial charge in [-0.2, -0.15) is 0 Å². The minimum Gasteiger partial charge on any atom is -0.494 e. The Hall–Kier alpha value is -1.58. The van der Waals surface area contributed by atoms with E-state index in [4.69, 9.17) is 4.74 Å². The Morgan fingerprint density at radius 3 is 2.58 bits per heavy atom. The quantitative estimate of drug-likeness (QED) is 0.839. The van der Waals surface area contributed by atoms with Crippen LogP contribution in [0.25, 0.3) is 10.8 Å². The van der Waals surface area contributed by atoms with E-state index in [-0.39, 0.29) is 0 Å². The van der Waals surface area contributed by atoms with E-state index in [1.807, 2.05) is 0 Å². The Morgan fingerprint density at radius 2 is 1.81 bits per heavy atom. The highest BCUT2D eigenvalue weighted by atomic mass is 16.5. The molecule has 0 aromatic heterocycles. The van der Waals surface area contributed by atoms with Crippen molar-refractivity contribution < 1.29 is 4.74 Å². The zero-order valence-electron chi connectivity index (χ0n) is 16.0. The molecular weight excluding hydrogens is 320 g/mol. The smallest absolute Gasteiger partial charge is 0.124 e. The molecule has 2 fully saturated rings.